The molecule has 1 aromatic rings. The first-order chi connectivity index (χ1) is 8.09. The molecule has 0 atom stereocenters. The lowest BCUT2D eigenvalue weighted by atomic mass is 10.3. The standard InChI is InChI=1S/C11H13BrN2O3/c1-9(12)8-13-6-7-17-11-4-2-10(3-5-11)14(15)16/h2-5,13H,1,6-8H2. The predicted octanol–water partition coefficient (Wildman–Crippen LogP) is 2.47. The van der Waals surface area contributed by atoms with Gasteiger partial charge in [0.05, 0.1) is 4.92 Å². The van der Waals surface area contributed by atoms with Gasteiger partial charge in [0.1, 0.15) is 12.4 Å². The van der Waals surface area contributed by atoms with Gasteiger partial charge in [-0.3, -0.25) is 10.1 Å². The SMILES string of the molecule is C=C(Br)CNCCOc1ccc([N+](=O)[O-])cc1. The first-order valence-electron chi connectivity index (χ1n) is 5.01. The Morgan fingerprint density at radius 1 is 1.47 bits per heavy atom. The third kappa shape index (κ3) is 5.46. The molecule has 0 spiro atoms. The first-order valence-corrected chi connectivity index (χ1v) is 5.80. The predicted molar refractivity (Wildman–Crippen MR) is 69.5 cm³/mol. The average Bonchev–Trinajstić information content (AvgIpc) is 2.29. The average molecular weight is 301 g/mol. The quantitative estimate of drug-likeness (QED) is 0.477. The maximum atomic E-state index is 10.4. The topological polar surface area (TPSA) is 64.4 Å². The zero-order valence-electron chi connectivity index (χ0n) is 9.19. The molecule has 0 aliphatic rings. The smallest absolute Gasteiger partial charge is 0.269 e. The second kappa shape index (κ2) is 7.03. The molecule has 92 valence electrons. The molecule has 1 aromatic carbocycles. The molecule has 0 saturated heterocycles. The summed E-state index contributed by atoms with van der Waals surface area (Å²) in [5, 5.41) is 13.5. The Hall–Kier alpha value is -1.40. The van der Waals surface area contributed by atoms with Gasteiger partial charge in [0.15, 0.2) is 0 Å². The van der Waals surface area contributed by atoms with Crippen molar-refractivity contribution >= 4 is 21.6 Å². The molecule has 1 rings (SSSR count). The third-order valence-electron chi connectivity index (χ3n) is 1.91. The number of rotatable bonds is 7. The van der Waals surface area contributed by atoms with Crippen LogP contribution in [0.3, 0.4) is 0 Å². The summed E-state index contributed by atoms with van der Waals surface area (Å²) >= 11 is 3.23. The van der Waals surface area contributed by atoms with Crippen molar-refractivity contribution in [3.8, 4) is 5.75 Å². The van der Waals surface area contributed by atoms with Crippen LogP contribution >= 0.6 is 15.9 Å². The van der Waals surface area contributed by atoms with Crippen LogP contribution in [0.5, 0.6) is 5.75 Å². The fraction of sp³-hybridized carbons (Fsp3) is 0.273. The second-order valence-electron chi connectivity index (χ2n) is 3.29. The molecular formula is C11H13BrN2O3. The normalized spacial score (nSPS) is 9.94. The molecule has 0 heterocycles. The number of nitrogens with zero attached hydrogens (tertiary/aromatic N) is 1. The Labute approximate surface area is 108 Å². The van der Waals surface area contributed by atoms with Gasteiger partial charge >= 0.3 is 0 Å². The summed E-state index contributed by atoms with van der Waals surface area (Å²) in [6.45, 7) is 5.55. The minimum Gasteiger partial charge on any atom is -0.492 e. The van der Waals surface area contributed by atoms with Crippen LogP contribution in [0, 0.1) is 10.1 Å². The van der Waals surface area contributed by atoms with Gasteiger partial charge in [0, 0.05) is 29.7 Å². The Morgan fingerprint density at radius 2 is 2.12 bits per heavy atom. The Balaban J connectivity index is 2.27. The molecule has 0 aliphatic carbocycles. The zero-order valence-corrected chi connectivity index (χ0v) is 10.8. The van der Waals surface area contributed by atoms with Crippen molar-refractivity contribution in [2.45, 2.75) is 0 Å². The molecule has 0 fully saturated rings. The van der Waals surface area contributed by atoms with E-state index in [2.05, 4.69) is 27.8 Å². The first kappa shape index (κ1) is 13.7. The van der Waals surface area contributed by atoms with Gasteiger partial charge in [-0.05, 0) is 12.1 Å². The van der Waals surface area contributed by atoms with Crippen molar-refractivity contribution in [1.82, 2.24) is 5.32 Å². The summed E-state index contributed by atoms with van der Waals surface area (Å²) in [6.07, 6.45) is 0. The molecule has 0 radical (unpaired) electrons. The van der Waals surface area contributed by atoms with Crippen molar-refractivity contribution in [2.24, 2.45) is 0 Å². The maximum Gasteiger partial charge on any atom is 0.269 e. The van der Waals surface area contributed by atoms with Crippen molar-refractivity contribution in [3.05, 3.63) is 45.4 Å². The number of nitro groups is 1. The largest absolute Gasteiger partial charge is 0.492 e. The number of non-ortho nitro benzene ring substituents is 1. The van der Waals surface area contributed by atoms with E-state index in [4.69, 9.17) is 4.74 Å². The van der Waals surface area contributed by atoms with E-state index in [1.54, 1.807) is 12.1 Å². The minimum atomic E-state index is -0.438. The van der Waals surface area contributed by atoms with Crippen molar-refractivity contribution < 1.29 is 9.66 Å². The summed E-state index contributed by atoms with van der Waals surface area (Å²) in [4.78, 5) is 9.98. The second-order valence-corrected chi connectivity index (χ2v) is 4.41. The van der Waals surface area contributed by atoms with Crippen LogP contribution in [0.2, 0.25) is 0 Å². The summed E-state index contributed by atoms with van der Waals surface area (Å²) in [5.41, 5.74) is 0.0612. The lowest BCUT2D eigenvalue weighted by molar-refractivity contribution is -0.384. The molecule has 5 nitrogen and oxygen atoms in total. The van der Waals surface area contributed by atoms with Crippen LogP contribution in [0.25, 0.3) is 0 Å². The highest BCUT2D eigenvalue weighted by atomic mass is 79.9. The third-order valence-corrected chi connectivity index (χ3v) is 2.19. The van der Waals surface area contributed by atoms with Gasteiger partial charge in [-0.25, -0.2) is 0 Å². The molecule has 0 aliphatic heterocycles. The van der Waals surface area contributed by atoms with Gasteiger partial charge in [-0.2, -0.15) is 0 Å². The number of hydrogen-bond acceptors (Lipinski definition) is 4. The number of nitrogens with one attached hydrogen (secondary N) is 1. The van der Waals surface area contributed by atoms with Crippen LogP contribution < -0.4 is 10.1 Å². The summed E-state index contributed by atoms with van der Waals surface area (Å²) in [7, 11) is 0. The fourth-order valence-electron chi connectivity index (χ4n) is 1.13. The van der Waals surface area contributed by atoms with Gasteiger partial charge in [0.25, 0.3) is 5.69 Å². The molecule has 17 heavy (non-hydrogen) atoms. The summed E-state index contributed by atoms with van der Waals surface area (Å²) < 4.78 is 6.27. The van der Waals surface area contributed by atoms with Crippen molar-refractivity contribution in [1.29, 1.82) is 0 Å². The number of ether oxygens (including phenoxy) is 1. The van der Waals surface area contributed by atoms with Crippen LogP contribution in [0.15, 0.2) is 35.3 Å². The lowest BCUT2D eigenvalue weighted by Gasteiger charge is -2.06. The highest BCUT2D eigenvalue weighted by Gasteiger charge is 2.03. The zero-order chi connectivity index (χ0) is 12.7. The molecule has 0 unspecified atom stereocenters. The minimum absolute atomic E-state index is 0.0612. The van der Waals surface area contributed by atoms with Crippen LogP contribution in [-0.2, 0) is 0 Å². The van der Waals surface area contributed by atoms with E-state index in [0.29, 0.717) is 25.4 Å². The van der Waals surface area contributed by atoms with Crippen molar-refractivity contribution in [3.63, 3.8) is 0 Å². The van der Waals surface area contributed by atoms with E-state index in [9.17, 15) is 10.1 Å². The monoisotopic (exact) mass is 300 g/mol. The molecular weight excluding hydrogens is 288 g/mol. The molecule has 0 saturated carbocycles. The molecule has 1 N–H and O–H groups in total. The summed E-state index contributed by atoms with van der Waals surface area (Å²) in [6, 6.07) is 6.01. The number of halogens is 1. The van der Waals surface area contributed by atoms with E-state index in [1.165, 1.54) is 12.1 Å². The highest BCUT2D eigenvalue weighted by Crippen LogP contribution is 2.16. The van der Waals surface area contributed by atoms with Gasteiger partial charge in [0.2, 0.25) is 0 Å². The van der Waals surface area contributed by atoms with E-state index in [-0.39, 0.29) is 5.69 Å². The fourth-order valence-corrected chi connectivity index (χ4v) is 1.33. The van der Waals surface area contributed by atoms with Crippen LogP contribution in [0.4, 0.5) is 5.69 Å². The molecule has 0 bridgehead atoms. The van der Waals surface area contributed by atoms with E-state index >= 15 is 0 Å². The maximum absolute atomic E-state index is 10.4. The van der Waals surface area contributed by atoms with Crippen molar-refractivity contribution in [2.75, 3.05) is 19.7 Å². The summed E-state index contributed by atoms with van der Waals surface area (Å²) in [5.74, 6) is 0.620. The Morgan fingerprint density at radius 3 is 2.65 bits per heavy atom. The number of benzene rings is 1. The van der Waals surface area contributed by atoms with E-state index in [0.717, 1.165) is 4.48 Å². The number of nitro benzene ring substituents is 1. The van der Waals surface area contributed by atoms with E-state index in [1.807, 2.05) is 0 Å². The van der Waals surface area contributed by atoms with E-state index < -0.39 is 4.92 Å². The van der Waals surface area contributed by atoms with Crippen LogP contribution in [-0.4, -0.2) is 24.6 Å². The van der Waals surface area contributed by atoms with Crippen LogP contribution in [0.1, 0.15) is 0 Å². The van der Waals surface area contributed by atoms with Gasteiger partial charge in [-0.1, -0.05) is 22.5 Å². The van der Waals surface area contributed by atoms with Gasteiger partial charge in [-0.15, -0.1) is 0 Å². The number of hydrogen-bond donors (Lipinski definition) is 1. The Kier molecular flexibility index (Phi) is 5.65. The molecule has 0 aromatic heterocycles. The van der Waals surface area contributed by atoms with Gasteiger partial charge < -0.3 is 10.1 Å². The Bertz CT molecular complexity index is 392. The molecule has 6 heteroatoms. The lowest BCUT2D eigenvalue weighted by Crippen LogP contribution is -2.21. The highest BCUT2D eigenvalue weighted by molar-refractivity contribution is 9.11. The molecule has 0 amide bonds.